The van der Waals surface area contributed by atoms with Gasteiger partial charge >= 0.3 is 12.1 Å². The smallest absolute Gasteiger partial charge is 0.416 e. The summed E-state index contributed by atoms with van der Waals surface area (Å²) < 4.78 is 55.4. The predicted octanol–water partition coefficient (Wildman–Crippen LogP) is 8.42. The molecule has 3 aromatic rings. The quantitative estimate of drug-likeness (QED) is 0.302. The molecule has 0 spiro atoms. The second-order valence-electron chi connectivity index (χ2n) is 11.8. The lowest BCUT2D eigenvalue weighted by Crippen LogP contribution is -2.24. The topological polar surface area (TPSA) is 40.5 Å². The van der Waals surface area contributed by atoms with E-state index in [1.807, 2.05) is 39.0 Å². The van der Waals surface area contributed by atoms with E-state index in [4.69, 9.17) is 9.47 Å². The zero-order valence-corrected chi connectivity index (χ0v) is 22.6. The lowest BCUT2D eigenvalue weighted by Gasteiger charge is -2.21. The number of esters is 1. The van der Waals surface area contributed by atoms with Crippen molar-refractivity contribution in [1.29, 1.82) is 0 Å². The summed E-state index contributed by atoms with van der Waals surface area (Å²) in [6.45, 7) is 8.57. The average molecular weight is 528 g/mol. The SMILES string of the molecule is Cc1c2n(c3ccc(OCc4ccc(C5CCCC5)c(C(F)(F)F)c4)cc13)CCC2CC(=O)OC(C)(C)C. The maximum Gasteiger partial charge on any atom is 0.416 e. The zero-order chi connectivity index (χ0) is 27.2. The third-order valence-corrected chi connectivity index (χ3v) is 7.88. The first-order valence-electron chi connectivity index (χ1n) is 13.6. The van der Waals surface area contributed by atoms with Gasteiger partial charge in [0.05, 0.1) is 12.0 Å². The van der Waals surface area contributed by atoms with Crippen molar-refractivity contribution in [2.45, 2.75) is 103 Å². The zero-order valence-electron chi connectivity index (χ0n) is 22.6. The van der Waals surface area contributed by atoms with Crippen LogP contribution in [0, 0.1) is 6.92 Å². The van der Waals surface area contributed by atoms with Crippen molar-refractivity contribution in [3.8, 4) is 5.75 Å². The molecule has 2 heterocycles. The number of halogens is 3. The summed E-state index contributed by atoms with van der Waals surface area (Å²) in [5.41, 5.74) is 3.22. The predicted molar refractivity (Wildman–Crippen MR) is 141 cm³/mol. The third-order valence-electron chi connectivity index (χ3n) is 7.88. The minimum absolute atomic E-state index is 0.0112. The Morgan fingerprint density at radius 2 is 1.76 bits per heavy atom. The number of aromatic nitrogens is 1. The number of benzene rings is 2. The number of hydrogen-bond acceptors (Lipinski definition) is 3. The van der Waals surface area contributed by atoms with Gasteiger partial charge in [0.1, 0.15) is 18.0 Å². The maximum atomic E-state index is 13.9. The second-order valence-corrected chi connectivity index (χ2v) is 11.8. The number of ether oxygens (including phenoxy) is 2. The van der Waals surface area contributed by atoms with Crippen LogP contribution in [0.5, 0.6) is 5.75 Å². The Kier molecular flexibility index (Phi) is 6.99. The molecule has 204 valence electrons. The molecule has 0 saturated heterocycles. The molecule has 2 aliphatic rings. The van der Waals surface area contributed by atoms with Crippen molar-refractivity contribution in [2.24, 2.45) is 0 Å². The van der Waals surface area contributed by atoms with Crippen LogP contribution in [0.2, 0.25) is 0 Å². The van der Waals surface area contributed by atoms with E-state index in [-0.39, 0.29) is 24.4 Å². The first-order chi connectivity index (χ1) is 17.9. The lowest BCUT2D eigenvalue weighted by atomic mass is 9.91. The van der Waals surface area contributed by atoms with Crippen LogP contribution in [0.3, 0.4) is 0 Å². The Morgan fingerprint density at radius 3 is 2.45 bits per heavy atom. The van der Waals surface area contributed by atoms with Gasteiger partial charge in [0.15, 0.2) is 0 Å². The Labute approximate surface area is 222 Å². The van der Waals surface area contributed by atoms with Crippen molar-refractivity contribution in [1.82, 2.24) is 4.57 Å². The van der Waals surface area contributed by atoms with Crippen molar-refractivity contribution in [3.63, 3.8) is 0 Å². The molecule has 2 aromatic carbocycles. The molecule has 1 aliphatic carbocycles. The summed E-state index contributed by atoms with van der Waals surface area (Å²) in [7, 11) is 0. The standard InChI is InChI=1S/C31H36F3NO3/c1-19-25-17-23(10-12-27(25)35-14-13-22(29(19)35)16-28(36)38-30(2,3)4)37-18-20-9-11-24(21-7-5-6-8-21)26(15-20)31(32,33)34/h9-12,15,17,21-22H,5-8,13-14,16,18H2,1-4H3. The van der Waals surface area contributed by atoms with Crippen molar-refractivity contribution in [2.75, 3.05) is 0 Å². The van der Waals surface area contributed by atoms with E-state index in [0.717, 1.165) is 60.8 Å². The van der Waals surface area contributed by atoms with Gasteiger partial charge in [-0.3, -0.25) is 4.79 Å². The molecule has 7 heteroatoms. The van der Waals surface area contributed by atoms with Gasteiger partial charge in [0, 0.05) is 29.1 Å². The lowest BCUT2D eigenvalue weighted by molar-refractivity contribution is -0.155. The second kappa shape index (κ2) is 9.97. The average Bonchev–Trinajstić information content (AvgIpc) is 3.56. The third kappa shape index (κ3) is 5.43. The van der Waals surface area contributed by atoms with E-state index < -0.39 is 17.3 Å². The highest BCUT2D eigenvalue weighted by molar-refractivity contribution is 5.87. The molecule has 1 aliphatic heterocycles. The first kappa shape index (κ1) is 26.6. The molecular formula is C31H36F3NO3. The molecule has 0 N–H and O–H groups in total. The van der Waals surface area contributed by atoms with Crippen LogP contribution in [-0.2, 0) is 28.9 Å². The Balaban J connectivity index is 1.34. The maximum absolute atomic E-state index is 13.9. The molecular weight excluding hydrogens is 491 g/mol. The molecule has 1 atom stereocenters. The molecule has 38 heavy (non-hydrogen) atoms. The summed E-state index contributed by atoms with van der Waals surface area (Å²) in [6, 6.07) is 10.5. The molecule has 1 aromatic heterocycles. The Hall–Kier alpha value is -2.96. The van der Waals surface area contributed by atoms with Gasteiger partial charge in [-0.1, -0.05) is 25.0 Å². The van der Waals surface area contributed by atoms with E-state index in [0.29, 0.717) is 23.3 Å². The van der Waals surface area contributed by atoms with Crippen LogP contribution in [0.4, 0.5) is 13.2 Å². The molecule has 4 nitrogen and oxygen atoms in total. The van der Waals surface area contributed by atoms with Crippen LogP contribution in [0.15, 0.2) is 36.4 Å². The number of rotatable bonds is 6. The molecule has 1 fully saturated rings. The Bertz CT molecular complexity index is 1340. The Morgan fingerprint density at radius 1 is 1.03 bits per heavy atom. The highest BCUT2D eigenvalue weighted by Gasteiger charge is 2.36. The largest absolute Gasteiger partial charge is 0.489 e. The van der Waals surface area contributed by atoms with Crippen LogP contribution < -0.4 is 4.74 Å². The number of hydrogen-bond donors (Lipinski definition) is 0. The van der Waals surface area contributed by atoms with Crippen molar-refractivity contribution < 1.29 is 27.4 Å². The van der Waals surface area contributed by atoms with E-state index in [1.165, 1.54) is 6.07 Å². The summed E-state index contributed by atoms with van der Waals surface area (Å²) in [5, 5.41) is 1.04. The molecule has 1 saturated carbocycles. The fourth-order valence-corrected chi connectivity index (χ4v) is 6.28. The molecule has 1 unspecified atom stereocenters. The molecule has 0 bridgehead atoms. The minimum Gasteiger partial charge on any atom is -0.489 e. The number of carbonyl (C=O) groups excluding carboxylic acids is 1. The van der Waals surface area contributed by atoms with Crippen molar-refractivity contribution in [3.05, 3.63) is 64.3 Å². The van der Waals surface area contributed by atoms with Crippen LogP contribution >= 0.6 is 0 Å². The summed E-state index contributed by atoms with van der Waals surface area (Å²) in [6.07, 6.45) is 0.460. The number of fused-ring (bicyclic) bond motifs is 3. The first-order valence-corrected chi connectivity index (χ1v) is 13.6. The number of carbonyl (C=O) groups is 1. The van der Waals surface area contributed by atoms with Gasteiger partial charge in [-0.15, -0.1) is 0 Å². The van der Waals surface area contributed by atoms with Crippen LogP contribution in [-0.4, -0.2) is 16.1 Å². The molecule has 0 amide bonds. The van der Waals surface area contributed by atoms with Gasteiger partial charge in [-0.05, 0) is 93.8 Å². The normalized spacial score (nSPS) is 18.2. The van der Waals surface area contributed by atoms with E-state index >= 15 is 0 Å². The van der Waals surface area contributed by atoms with E-state index in [1.54, 1.807) is 12.1 Å². The highest BCUT2D eigenvalue weighted by atomic mass is 19.4. The summed E-state index contributed by atoms with van der Waals surface area (Å²) >= 11 is 0. The number of alkyl halides is 3. The van der Waals surface area contributed by atoms with E-state index in [2.05, 4.69) is 11.5 Å². The molecule has 0 radical (unpaired) electrons. The van der Waals surface area contributed by atoms with Crippen molar-refractivity contribution >= 4 is 16.9 Å². The molecule has 5 rings (SSSR count). The minimum atomic E-state index is -4.38. The summed E-state index contributed by atoms with van der Waals surface area (Å²) in [4.78, 5) is 12.5. The number of nitrogens with zero attached hydrogens (tertiary/aromatic N) is 1. The van der Waals surface area contributed by atoms with Gasteiger partial charge in [0.25, 0.3) is 0 Å². The van der Waals surface area contributed by atoms with Gasteiger partial charge in [-0.2, -0.15) is 13.2 Å². The monoisotopic (exact) mass is 527 g/mol. The van der Waals surface area contributed by atoms with Crippen LogP contribution in [0.1, 0.15) is 99.1 Å². The fourth-order valence-electron chi connectivity index (χ4n) is 6.28. The highest BCUT2D eigenvalue weighted by Crippen LogP contribution is 2.43. The van der Waals surface area contributed by atoms with Gasteiger partial charge < -0.3 is 14.0 Å². The summed E-state index contributed by atoms with van der Waals surface area (Å²) in [5.74, 6) is 0.507. The van der Waals surface area contributed by atoms with Crippen LogP contribution in [0.25, 0.3) is 10.9 Å². The van der Waals surface area contributed by atoms with Gasteiger partial charge in [-0.25, -0.2) is 0 Å². The van der Waals surface area contributed by atoms with Gasteiger partial charge in [0.2, 0.25) is 0 Å². The van der Waals surface area contributed by atoms with E-state index in [9.17, 15) is 18.0 Å². The fraction of sp³-hybridized carbons (Fsp3) is 0.516. The number of aryl methyl sites for hydroxylation is 2.